The average molecular weight is 238 g/mol. The second-order valence-corrected chi connectivity index (χ2v) is 9.78. The van der Waals surface area contributed by atoms with E-state index in [1.54, 1.807) is 10.1 Å². The molecule has 0 aliphatic heterocycles. The first-order chi connectivity index (χ1) is 5.71. The molecular weight excluding hydrogens is 220 g/mol. The first kappa shape index (κ1) is 15.2. The van der Waals surface area contributed by atoms with Gasteiger partial charge >= 0.3 is 18.9 Å². The standard InChI is InChI=1S/C10H18P3.Li/c1-9(2,3)7-11-8(13-12-7)10(4,5)6;/h1-6H3;/q-1;+1. The van der Waals surface area contributed by atoms with Crippen molar-refractivity contribution in [2.45, 2.75) is 52.4 Å². The molecule has 0 saturated heterocycles. The Morgan fingerprint density at radius 2 is 1.07 bits per heavy atom. The zero-order valence-corrected chi connectivity index (χ0v) is 13.0. The molecule has 0 aliphatic rings. The molecule has 0 aliphatic carbocycles. The molecule has 4 heteroatoms. The summed E-state index contributed by atoms with van der Waals surface area (Å²) in [4.78, 5) is 0. The monoisotopic (exact) mass is 238 g/mol. The quantitative estimate of drug-likeness (QED) is 0.609. The van der Waals surface area contributed by atoms with Crippen LogP contribution in [0.1, 0.15) is 51.6 Å². The van der Waals surface area contributed by atoms with E-state index < -0.39 is 0 Å². The van der Waals surface area contributed by atoms with Gasteiger partial charge in [0.15, 0.2) is 0 Å². The fourth-order valence-corrected chi connectivity index (χ4v) is 7.71. The summed E-state index contributed by atoms with van der Waals surface area (Å²) in [6.45, 7) is 13.9. The van der Waals surface area contributed by atoms with E-state index in [2.05, 4.69) is 41.5 Å². The van der Waals surface area contributed by atoms with Crippen LogP contribution in [0.25, 0.3) is 0 Å². The predicted molar refractivity (Wildman–Crippen MR) is 67.0 cm³/mol. The van der Waals surface area contributed by atoms with Crippen molar-refractivity contribution in [2.75, 3.05) is 0 Å². The summed E-state index contributed by atoms with van der Waals surface area (Å²) >= 11 is 0. The number of hydrogen-bond donors (Lipinski definition) is 0. The Hall–Kier alpha value is 1.24. The third kappa shape index (κ3) is 4.01. The van der Waals surface area contributed by atoms with Crippen LogP contribution < -0.4 is 18.9 Å². The SMILES string of the molecule is CC(C)(C)c1ppc(C(C)(C)C)[p-]1.[Li+]. The van der Waals surface area contributed by atoms with Crippen molar-refractivity contribution >= 4 is 23.9 Å². The second kappa shape index (κ2) is 5.05. The van der Waals surface area contributed by atoms with Crippen LogP contribution in [0.4, 0.5) is 0 Å². The van der Waals surface area contributed by atoms with E-state index in [9.17, 15) is 0 Å². The summed E-state index contributed by atoms with van der Waals surface area (Å²) in [5.74, 6) is 0. The zero-order valence-electron chi connectivity index (χ0n) is 10.3. The molecule has 1 aromatic rings. The minimum Gasteiger partial charge on any atom is -0.274 e. The summed E-state index contributed by atoms with van der Waals surface area (Å²) in [6.07, 6.45) is 0. The van der Waals surface area contributed by atoms with Crippen molar-refractivity contribution in [3.05, 3.63) is 10.1 Å². The van der Waals surface area contributed by atoms with E-state index in [-0.39, 0.29) is 18.9 Å². The summed E-state index contributed by atoms with van der Waals surface area (Å²) in [5.41, 5.74) is 0.784. The van der Waals surface area contributed by atoms with Crippen LogP contribution in [0, 0.1) is 0 Å². The Morgan fingerprint density at radius 3 is 1.21 bits per heavy atom. The van der Waals surface area contributed by atoms with E-state index >= 15 is 0 Å². The molecule has 0 amide bonds. The molecule has 0 spiro atoms. The van der Waals surface area contributed by atoms with Crippen molar-refractivity contribution in [2.24, 2.45) is 0 Å². The smallest absolute Gasteiger partial charge is 0.274 e. The first-order valence-electron chi connectivity index (χ1n) is 4.59. The molecule has 0 radical (unpaired) electrons. The van der Waals surface area contributed by atoms with E-state index in [0.29, 0.717) is 10.8 Å². The van der Waals surface area contributed by atoms with Crippen LogP contribution in [-0.2, 0) is 10.8 Å². The van der Waals surface area contributed by atoms with Gasteiger partial charge in [-0.15, -0.1) is 10.1 Å². The van der Waals surface area contributed by atoms with E-state index in [1.165, 1.54) is 23.9 Å². The summed E-state index contributed by atoms with van der Waals surface area (Å²) in [5, 5.41) is 3.36. The molecule has 14 heavy (non-hydrogen) atoms. The van der Waals surface area contributed by atoms with Crippen LogP contribution in [-0.4, -0.2) is 0 Å². The van der Waals surface area contributed by atoms with E-state index in [0.717, 1.165) is 0 Å². The molecule has 1 aromatic heterocycles. The van der Waals surface area contributed by atoms with Crippen LogP contribution >= 0.6 is 23.9 Å². The maximum absolute atomic E-state index is 2.32. The average Bonchev–Trinajstić information content (AvgIpc) is 2.28. The van der Waals surface area contributed by atoms with Crippen LogP contribution in [0.15, 0.2) is 0 Å². The molecule has 0 aromatic carbocycles. The fraction of sp³-hybridized carbons (Fsp3) is 0.800. The van der Waals surface area contributed by atoms with Crippen molar-refractivity contribution in [1.82, 2.24) is 0 Å². The largest absolute Gasteiger partial charge is 1.00 e. The number of hydrogen-bond acceptors (Lipinski definition) is 0. The van der Waals surface area contributed by atoms with Gasteiger partial charge in [0, 0.05) is 0 Å². The van der Waals surface area contributed by atoms with Gasteiger partial charge in [-0.3, -0.25) is 15.7 Å². The minimum absolute atomic E-state index is 0. The van der Waals surface area contributed by atoms with Gasteiger partial charge in [0.1, 0.15) is 0 Å². The molecule has 0 nitrogen and oxygen atoms in total. The number of rotatable bonds is 0. The molecule has 0 bridgehead atoms. The fourth-order valence-electron chi connectivity index (χ4n) is 0.875. The predicted octanol–water partition coefficient (Wildman–Crippen LogP) is 2.74. The van der Waals surface area contributed by atoms with Crippen molar-refractivity contribution < 1.29 is 18.9 Å². The van der Waals surface area contributed by atoms with Gasteiger partial charge < -0.3 is 0 Å². The normalized spacial score (nSPS) is 14.1. The van der Waals surface area contributed by atoms with Crippen molar-refractivity contribution in [3.63, 3.8) is 0 Å². The Kier molecular flexibility index (Phi) is 5.49. The van der Waals surface area contributed by atoms with Gasteiger partial charge in [0.25, 0.3) is 0 Å². The third-order valence-electron chi connectivity index (χ3n) is 1.79. The van der Waals surface area contributed by atoms with Crippen LogP contribution in [0.2, 0.25) is 0 Å². The van der Waals surface area contributed by atoms with Crippen LogP contribution in [0.5, 0.6) is 0 Å². The van der Waals surface area contributed by atoms with E-state index in [4.69, 9.17) is 0 Å². The molecule has 0 atom stereocenters. The van der Waals surface area contributed by atoms with Gasteiger partial charge in [0.05, 0.1) is 0 Å². The topological polar surface area (TPSA) is 0 Å². The molecule has 0 N–H and O–H groups in total. The Morgan fingerprint density at radius 1 is 0.786 bits per heavy atom. The van der Waals surface area contributed by atoms with Gasteiger partial charge in [-0.25, -0.2) is 8.19 Å². The Bertz CT molecular complexity index is 263. The molecule has 0 saturated carbocycles. The van der Waals surface area contributed by atoms with Gasteiger partial charge in [-0.05, 0) is 10.8 Å². The third-order valence-corrected chi connectivity index (χ3v) is 9.03. The minimum atomic E-state index is 0. The van der Waals surface area contributed by atoms with Gasteiger partial charge in [-0.1, -0.05) is 41.5 Å². The Labute approximate surface area is 105 Å². The molecule has 1 heterocycles. The van der Waals surface area contributed by atoms with E-state index in [1.807, 2.05) is 0 Å². The second-order valence-electron chi connectivity index (χ2n) is 5.46. The summed E-state index contributed by atoms with van der Waals surface area (Å²) in [7, 11) is 4.59. The summed E-state index contributed by atoms with van der Waals surface area (Å²) < 4.78 is 0. The maximum Gasteiger partial charge on any atom is 1.00 e. The molecule has 0 fully saturated rings. The summed E-state index contributed by atoms with van der Waals surface area (Å²) in [6, 6.07) is 0. The van der Waals surface area contributed by atoms with Gasteiger partial charge in [-0.2, -0.15) is 0 Å². The van der Waals surface area contributed by atoms with Gasteiger partial charge in [0.2, 0.25) is 0 Å². The zero-order chi connectivity index (χ0) is 10.3. The molecule has 0 unspecified atom stereocenters. The molecule has 1 rings (SSSR count). The molecule has 74 valence electrons. The van der Waals surface area contributed by atoms with Crippen molar-refractivity contribution in [3.8, 4) is 0 Å². The maximum atomic E-state index is 2.32. The Balaban J connectivity index is 0.00000169. The first-order valence-corrected chi connectivity index (χ1v) is 7.98. The van der Waals surface area contributed by atoms with Crippen molar-refractivity contribution in [1.29, 1.82) is 0 Å². The van der Waals surface area contributed by atoms with Crippen LogP contribution in [0.3, 0.4) is 0 Å². The molecular formula is C10H18LiP3.